The number of aromatic nitrogens is 2. The minimum atomic E-state index is -3.47. The molecule has 0 atom stereocenters. The molecule has 0 saturated heterocycles. The Bertz CT molecular complexity index is 875. The lowest BCUT2D eigenvalue weighted by molar-refractivity contribution is -0.120. The molecule has 0 aliphatic heterocycles. The van der Waals surface area contributed by atoms with Gasteiger partial charge in [0.15, 0.2) is 5.82 Å². The van der Waals surface area contributed by atoms with Gasteiger partial charge < -0.3 is 4.52 Å². The van der Waals surface area contributed by atoms with Gasteiger partial charge in [0.2, 0.25) is 21.8 Å². The Morgan fingerprint density at radius 3 is 2.63 bits per heavy atom. The smallest absolute Gasteiger partial charge is 0.240 e. The van der Waals surface area contributed by atoms with E-state index in [0.717, 1.165) is 12.8 Å². The fourth-order valence-corrected chi connectivity index (χ4v) is 3.65. The summed E-state index contributed by atoms with van der Waals surface area (Å²) >= 11 is 0. The van der Waals surface area contributed by atoms with Crippen molar-refractivity contribution in [3.63, 3.8) is 0 Å². The van der Waals surface area contributed by atoms with Crippen LogP contribution >= 0.6 is 0 Å². The molecule has 0 unspecified atom stereocenters. The van der Waals surface area contributed by atoms with Gasteiger partial charge in [-0.2, -0.15) is 4.98 Å². The van der Waals surface area contributed by atoms with Crippen LogP contribution in [0.5, 0.6) is 0 Å². The van der Waals surface area contributed by atoms with Crippen LogP contribution in [-0.2, 0) is 27.7 Å². The van der Waals surface area contributed by atoms with Gasteiger partial charge in [-0.1, -0.05) is 12.1 Å². The van der Waals surface area contributed by atoms with Crippen LogP contribution in [0.4, 0.5) is 5.69 Å². The van der Waals surface area contributed by atoms with Gasteiger partial charge in [-0.05, 0) is 43.5 Å². The average molecular weight is 393 g/mol. The molecule has 9 nitrogen and oxygen atoms in total. The van der Waals surface area contributed by atoms with Crippen LogP contribution in [0.2, 0.25) is 0 Å². The van der Waals surface area contributed by atoms with Crippen molar-refractivity contribution in [2.45, 2.75) is 56.4 Å². The van der Waals surface area contributed by atoms with Crippen molar-refractivity contribution >= 4 is 21.6 Å². The number of sulfonamides is 1. The van der Waals surface area contributed by atoms with E-state index in [0.29, 0.717) is 43.1 Å². The highest BCUT2D eigenvalue weighted by atomic mass is 32.2. The summed E-state index contributed by atoms with van der Waals surface area (Å²) in [5.41, 5.74) is 5.95. The summed E-state index contributed by atoms with van der Waals surface area (Å²) in [5, 5.41) is 3.81. The van der Waals surface area contributed by atoms with Gasteiger partial charge in [0, 0.05) is 25.3 Å². The number of hydrogen-bond donors (Lipinski definition) is 3. The number of hydrazine groups is 1. The maximum atomic E-state index is 12.1. The molecule has 1 amide bonds. The van der Waals surface area contributed by atoms with Crippen molar-refractivity contribution in [3.8, 4) is 0 Å². The van der Waals surface area contributed by atoms with E-state index in [1.807, 2.05) is 6.92 Å². The first-order valence-electron chi connectivity index (χ1n) is 8.95. The number of hydrogen-bond acceptors (Lipinski definition) is 7. The first kappa shape index (κ1) is 19.3. The van der Waals surface area contributed by atoms with Crippen LogP contribution in [0, 0.1) is 0 Å². The van der Waals surface area contributed by atoms with E-state index in [1.165, 1.54) is 12.1 Å². The number of nitrogens with zero attached hydrogens (tertiary/aromatic N) is 2. The van der Waals surface area contributed by atoms with E-state index in [1.54, 1.807) is 12.1 Å². The van der Waals surface area contributed by atoms with Crippen molar-refractivity contribution in [1.29, 1.82) is 0 Å². The zero-order chi connectivity index (χ0) is 19.3. The van der Waals surface area contributed by atoms with Gasteiger partial charge in [0.05, 0.1) is 10.6 Å². The number of amides is 1. The Morgan fingerprint density at radius 2 is 2.00 bits per heavy atom. The second-order valence-corrected chi connectivity index (χ2v) is 8.12. The molecule has 0 bridgehead atoms. The van der Waals surface area contributed by atoms with Gasteiger partial charge in [0.25, 0.3) is 0 Å². The van der Waals surface area contributed by atoms with Crippen molar-refractivity contribution < 1.29 is 17.7 Å². The Morgan fingerprint density at radius 1 is 1.26 bits per heavy atom. The van der Waals surface area contributed by atoms with Gasteiger partial charge in [-0.25, -0.2) is 13.1 Å². The molecular weight excluding hydrogens is 370 g/mol. The highest BCUT2D eigenvalue weighted by Crippen LogP contribution is 2.22. The lowest BCUT2D eigenvalue weighted by atomic mass is 10.2. The fourth-order valence-electron chi connectivity index (χ4n) is 2.35. The van der Waals surface area contributed by atoms with Gasteiger partial charge in [-0.3, -0.25) is 15.6 Å². The second-order valence-electron chi connectivity index (χ2n) is 6.40. The molecule has 1 aromatic heterocycles. The van der Waals surface area contributed by atoms with Crippen LogP contribution in [0.3, 0.4) is 0 Å². The van der Waals surface area contributed by atoms with E-state index in [2.05, 4.69) is 25.7 Å². The number of carbonyl (C=O) groups excluding carboxylic acids is 1. The first-order valence-corrected chi connectivity index (χ1v) is 10.4. The molecule has 1 aliphatic rings. The highest BCUT2D eigenvalue weighted by Gasteiger charge is 2.27. The summed E-state index contributed by atoms with van der Waals surface area (Å²) in [5.74, 6) is 1.01. The average Bonchev–Trinajstić information content (AvgIpc) is 3.33. The molecule has 1 saturated carbocycles. The Kier molecular flexibility index (Phi) is 6.07. The van der Waals surface area contributed by atoms with E-state index in [4.69, 9.17) is 4.52 Å². The largest absolute Gasteiger partial charge is 0.339 e. The lowest BCUT2D eigenvalue weighted by Crippen LogP contribution is -2.29. The molecule has 2 aromatic rings. The highest BCUT2D eigenvalue weighted by molar-refractivity contribution is 7.89. The molecule has 1 fully saturated rings. The van der Waals surface area contributed by atoms with E-state index in [-0.39, 0.29) is 16.8 Å². The maximum absolute atomic E-state index is 12.1. The van der Waals surface area contributed by atoms with Gasteiger partial charge >= 0.3 is 0 Å². The molecule has 1 heterocycles. The Balaban J connectivity index is 1.40. The molecule has 146 valence electrons. The topological polar surface area (TPSA) is 126 Å². The minimum absolute atomic E-state index is 0.0628. The zero-order valence-electron chi connectivity index (χ0n) is 15.1. The number of anilines is 1. The summed E-state index contributed by atoms with van der Waals surface area (Å²) in [4.78, 5) is 16.3. The van der Waals surface area contributed by atoms with Crippen LogP contribution in [-0.4, -0.2) is 30.5 Å². The molecule has 3 rings (SSSR count). The monoisotopic (exact) mass is 393 g/mol. The molecule has 3 N–H and O–H groups in total. The SMILES string of the molecule is CCc1noc(CCCC(=O)NNc2ccc(S(=O)(=O)NC3CC3)cc2)n1. The molecular formula is C17H23N5O4S. The zero-order valence-corrected chi connectivity index (χ0v) is 15.9. The predicted octanol–water partition coefficient (Wildman–Crippen LogP) is 1.54. The molecule has 0 spiro atoms. The van der Waals surface area contributed by atoms with Crippen molar-refractivity contribution in [1.82, 2.24) is 20.3 Å². The third-order valence-electron chi connectivity index (χ3n) is 4.03. The van der Waals surface area contributed by atoms with E-state index < -0.39 is 10.0 Å². The number of benzene rings is 1. The van der Waals surface area contributed by atoms with Crippen LogP contribution in [0.1, 0.15) is 44.3 Å². The van der Waals surface area contributed by atoms with Crippen LogP contribution in [0.15, 0.2) is 33.7 Å². The standard InChI is InChI=1S/C17H23N5O4S/c1-2-15-18-17(26-21-15)5-3-4-16(23)20-19-12-8-10-14(11-9-12)27(24,25)22-13-6-7-13/h8-11,13,19,22H,2-7H2,1H3,(H,20,23). The third-order valence-corrected chi connectivity index (χ3v) is 5.57. The van der Waals surface area contributed by atoms with Crippen molar-refractivity contribution in [3.05, 3.63) is 36.0 Å². The number of nitrogens with one attached hydrogen (secondary N) is 3. The van der Waals surface area contributed by atoms with Crippen molar-refractivity contribution in [2.75, 3.05) is 5.43 Å². The Labute approximate surface area is 157 Å². The normalized spacial score (nSPS) is 14.1. The van der Waals surface area contributed by atoms with Crippen LogP contribution in [0.25, 0.3) is 0 Å². The predicted molar refractivity (Wildman–Crippen MR) is 98.2 cm³/mol. The summed E-state index contributed by atoms with van der Waals surface area (Å²) in [6.45, 7) is 1.94. The van der Waals surface area contributed by atoms with E-state index in [9.17, 15) is 13.2 Å². The number of aryl methyl sites for hydroxylation is 2. The van der Waals surface area contributed by atoms with E-state index >= 15 is 0 Å². The van der Waals surface area contributed by atoms with Crippen LogP contribution < -0.4 is 15.6 Å². The van der Waals surface area contributed by atoms with Gasteiger partial charge in [0.1, 0.15) is 0 Å². The lowest BCUT2D eigenvalue weighted by Gasteiger charge is -2.10. The second kappa shape index (κ2) is 8.49. The summed E-state index contributed by atoms with van der Waals surface area (Å²) < 4.78 is 31.9. The number of carbonyl (C=O) groups is 1. The molecule has 27 heavy (non-hydrogen) atoms. The third kappa shape index (κ3) is 5.76. The fraction of sp³-hybridized carbons (Fsp3) is 0.471. The van der Waals surface area contributed by atoms with Gasteiger partial charge in [-0.15, -0.1) is 0 Å². The molecule has 10 heteroatoms. The quantitative estimate of drug-likeness (QED) is 0.523. The summed E-state index contributed by atoms with van der Waals surface area (Å²) in [6.07, 6.45) is 3.91. The Hall–Kier alpha value is -2.46. The van der Waals surface area contributed by atoms with Crippen molar-refractivity contribution in [2.24, 2.45) is 0 Å². The summed E-state index contributed by atoms with van der Waals surface area (Å²) in [6, 6.07) is 6.27. The number of rotatable bonds is 10. The summed E-state index contributed by atoms with van der Waals surface area (Å²) in [7, 11) is -3.47. The molecule has 0 radical (unpaired) electrons. The first-order chi connectivity index (χ1) is 13.0. The minimum Gasteiger partial charge on any atom is -0.339 e. The molecule has 1 aliphatic carbocycles. The molecule has 1 aromatic carbocycles. The maximum Gasteiger partial charge on any atom is 0.240 e.